The second-order valence-corrected chi connectivity index (χ2v) is 6.22. The van der Waals surface area contributed by atoms with E-state index in [9.17, 15) is 4.21 Å². The van der Waals surface area contributed by atoms with E-state index in [1.54, 1.807) is 6.26 Å². The molecule has 0 saturated carbocycles. The van der Waals surface area contributed by atoms with Crippen LogP contribution in [0.15, 0.2) is 4.36 Å². The minimum Gasteiger partial charge on any atom is -0.330 e. The fourth-order valence-electron chi connectivity index (χ4n) is 0.844. The Morgan fingerprint density at radius 1 is 1.45 bits per heavy atom. The maximum Gasteiger partial charge on any atom is 0.0618 e. The summed E-state index contributed by atoms with van der Waals surface area (Å²) in [6.45, 7) is 6.25. The van der Waals surface area contributed by atoms with Gasteiger partial charge in [-0.1, -0.05) is 0 Å². The van der Waals surface area contributed by atoms with Crippen LogP contribution < -0.4 is 5.73 Å². The first-order valence-electron chi connectivity index (χ1n) is 3.68. The normalized spacial score (nSPS) is 17.5. The van der Waals surface area contributed by atoms with E-state index in [0.29, 0.717) is 12.3 Å². The van der Waals surface area contributed by atoms with Crippen LogP contribution in [0.4, 0.5) is 0 Å². The van der Waals surface area contributed by atoms with Crippen LogP contribution >= 0.6 is 0 Å². The van der Waals surface area contributed by atoms with Crippen molar-refractivity contribution < 1.29 is 4.21 Å². The number of hydrogen-bond donors (Lipinski definition) is 1. The SMILES string of the molecule is CC(C)(C)N=S(C)(=O)CCN. The van der Waals surface area contributed by atoms with Crippen LogP contribution in [0.5, 0.6) is 0 Å². The summed E-state index contributed by atoms with van der Waals surface area (Å²) in [5.41, 5.74) is 5.07. The monoisotopic (exact) mass is 178 g/mol. The van der Waals surface area contributed by atoms with Crippen molar-refractivity contribution in [3.8, 4) is 0 Å². The third-order valence-electron chi connectivity index (χ3n) is 0.964. The Bertz CT molecular complexity index is 221. The van der Waals surface area contributed by atoms with E-state index < -0.39 is 9.73 Å². The van der Waals surface area contributed by atoms with Gasteiger partial charge in [0.15, 0.2) is 0 Å². The lowest BCUT2D eigenvalue weighted by Gasteiger charge is -2.14. The summed E-state index contributed by atoms with van der Waals surface area (Å²) < 4.78 is 15.7. The average molecular weight is 178 g/mol. The Morgan fingerprint density at radius 3 is 2.18 bits per heavy atom. The first-order chi connectivity index (χ1) is 4.77. The molecule has 0 aromatic heterocycles. The molecule has 1 atom stereocenters. The van der Waals surface area contributed by atoms with Gasteiger partial charge < -0.3 is 5.73 Å². The zero-order chi connectivity index (χ0) is 9.12. The van der Waals surface area contributed by atoms with Crippen molar-refractivity contribution in [1.29, 1.82) is 0 Å². The maximum atomic E-state index is 11.6. The highest BCUT2D eigenvalue weighted by atomic mass is 32.2. The molecule has 68 valence electrons. The van der Waals surface area contributed by atoms with E-state index in [0.717, 1.165) is 0 Å². The average Bonchev–Trinajstić information content (AvgIpc) is 1.55. The Labute approximate surface area is 69.5 Å². The van der Waals surface area contributed by atoms with Crippen LogP contribution in [0.3, 0.4) is 0 Å². The lowest BCUT2D eigenvalue weighted by molar-refractivity contribution is 0.582. The fraction of sp³-hybridized carbons (Fsp3) is 1.00. The molecular formula is C7H18N2OS. The second-order valence-electron chi connectivity index (χ2n) is 3.71. The minimum atomic E-state index is -2.04. The minimum absolute atomic E-state index is 0.221. The molecule has 0 bridgehead atoms. The molecule has 0 radical (unpaired) electrons. The van der Waals surface area contributed by atoms with Gasteiger partial charge in [0, 0.05) is 28.3 Å². The summed E-state index contributed by atoms with van der Waals surface area (Å²) in [4.78, 5) is 0. The van der Waals surface area contributed by atoms with Gasteiger partial charge in [-0.2, -0.15) is 0 Å². The van der Waals surface area contributed by atoms with E-state index in [4.69, 9.17) is 5.73 Å². The molecule has 11 heavy (non-hydrogen) atoms. The van der Waals surface area contributed by atoms with Gasteiger partial charge in [-0.3, -0.25) is 0 Å². The largest absolute Gasteiger partial charge is 0.330 e. The van der Waals surface area contributed by atoms with Gasteiger partial charge in [0.1, 0.15) is 0 Å². The predicted octanol–water partition coefficient (Wildman–Crippen LogP) is 0.841. The van der Waals surface area contributed by atoms with Gasteiger partial charge in [-0.25, -0.2) is 8.57 Å². The van der Waals surface area contributed by atoms with Gasteiger partial charge in [-0.15, -0.1) is 0 Å². The Hall–Kier alpha value is -0.0900. The highest BCUT2D eigenvalue weighted by Crippen LogP contribution is 2.09. The molecule has 0 rings (SSSR count). The molecular weight excluding hydrogens is 160 g/mol. The molecule has 0 heterocycles. The second kappa shape index (κ2) is 3.54. The summed E-state index contributed by atoms with van der Waals surface area (Å²) >= 11 is 0. The van der Waals surface area contributed by atoms with Gasteiger partial charge in [0.05, 0.1) is 5.54 Å². The molecule has 0 aromatic carbocycles. The molecule has 0 aliphatic heterocycles. The molecule has 0 spiro atoms. The van der Waals surface area contributed by atoms with Crippen molar-refractivity contribution in [1.82, 2.24) is 0 Å². The lowest BCUT2D eigenvalue weighted by Crippen LogP contribution is -2.19. The molecule has 0 aliphatic carbocycles. The lowest BCUT2D eigenvalue weighted by atomic mass is 10.1. The first-order valence-corrected chi connectivity index (χ1v) is 5.77. The molecule has 0 fully saturated rings. The Balaban J connectivity index is 4.54. The van der Waals surface area contributed by atoms with Crippen molar-refractivity contribution in [2.75, 3.05) is 18.6 Å². The molecule has 4 heteroatoms. The zero-order valence-corrected chi connectivity index (χ0v) is 8.57. The van der Waals surface area contributed by atoms with E-state index in [1.807, 2.05) is 20.8 Å². The highest BCUT2D eigenvalue weighted by molar-refractivity contribution is 7.92. The van der Waals surface area contributed by atoms with Crippen LogP contribution in [-0.2, 0) is 9.73 Å². The van der Waals surface area contributed by atoms with Crippen molar-refractivity contribution in [3.05, 3.63) is 0 Å². The number of nitrogens with zero attached hydrogens (tertiary/aromatic N) is 1. The van der Waals surface area contributed by atoms with Gasteiger partial charge >= 0.3 is 0 Å². The smallest absolute Gasteiger partial charge is 0.0618 e. The number of nitrogens with two attached hydrogens (primary N) is 1. The van der Waals surface area contributed by atoms with Crippen molar-refractivity contribution in [2.45, 2.75) is 26.3 Å². The zero-order valence-electron chi connectivity index (χ0n) is 7.76. The summed E-state index contributed by atoms with van der Waals surface area (Å²) in [7, 11) is -2.04. The molecule has 0 aromatic rings. The Morgan fingerprint density at radius 2 is 1.91 bits per heavy atom. The Kier molecular flexibility index (Phi) is 3.51. The maximum absolute atomic E-state index is 11.6. The van der Waals surface area contributed by atoms with Crippen LogP contribution in [0, 0.1) is 0 Å². The standard InChI is InChI=1S/C7H18N2OS/c1-7(2,3)9-11(4,10)6-5-8/h5-6,8H2,1-4H3. The van der Waals surface area contributed by atoms with E-state index in [-0.39, 0.29) is 5.54 Å². The van der Waals surface area contributed by atoms with E-state index in [1.165, 1.54) is 0 Å². The summed E-state index contributed by atoms with van der Waals surface area (Å²) in [6.07, 6.45) is 1.66. The molecule has 2 N–H and O–H groups in total. The molecule has 0 amide bonds. The topological polar surface area (TPSA) is 55.5 Å². The third kappa shape index (κ3) is 6.31. The highest BCUT2D eigenvalue weighted by Gasteiger charge is 2.10. The van der Waals surface area contributed by atoms with Crippen molar-refractivity contribution in [2.24, 2.45) is 10.1 Å². The summed E-state index contributed by atoms with van der Waals surface area (Å²) in [6, 6.07) is 0. The third-order valence-corrected chi connectivity index (χ3v) is 2.89. The van der Waals surface area contributed by atoms with Gasteiger partial charge in [-0.05, 0) is 20.8 Å². The predicted molar refractivity (Wildman–Crippen MR) is 50.2 cm³/mol. The van der Waals surface area contributed by atoms with Crippen LogP contribution in [0.1, 0.15) is 20.8 Å². The quantitative estimate of drug-likeness (QED) is 0.681. The number of hydrogen-bond acceptors (Lipinski definition) is 3. The van der Waals surface area contributed by atoms with Crippen molar-refractivity contribution in [3.63, 3.8) is 0 Å². The molecule has 0 saturated heterocycles. The van der Waals surface area contributed by atoms with Crippen molar-refractivity contribution >= 4 is 9.73 Å². The van der Waals surface area contributed by atoms with E-state index >= 15 is 0 Å². The van der Waals surface area contributed by atoms with Crippen LogP contribution in [-0.4, -0.2) is 28.3 Å². The molecule has 3 nitrogen and oxygen atoms in total. The van der Waals surface area contributed by atoms with Crippen LogP contribution in [0.2, 0.25) is 0 Å². The fourth-order valence-corrected chi connectivity index (χ4v) is 2.53. The summed E-state index contributed by atoms with van der Waals surface area (Å²) in [5.74, 6) is 0.490. The first kappa shape index (κ1) is 10.9. The van der Waals surface area contributed by atoms with E-state index in [2.05, 4.69) is 4.36 Å². The van der Waals surface area contributed by atoms with Crippen LogP contribution in [0.25, 0.3) is 0 Å². The van der Waals surface area contributed by atoms with Gasteiger partial charge in [0.2, 0.25) is 0 Å². The number of rotatable bonds is 2. The molecule has 0 aliphatic rings. The van der Waals surface area contributed by atoms with Gasteiger partial charge in [0.25, 0.3) is 0 Å². The summed E-state index contributed by atoms with van der Waals surface area (Å²) in [5, 5.41) is 0. The molecule has 1 unspecified atom stereocenters.